The van der Waals surface area contributed by atoms with Crippen molar-refractivity contribution in [3.63, 3.8) is 0 Å². The Hall–Kier alpha value is -0.260. The Balaban J connectivity index is 2.97. The molecule has 0 aliphatic heterocycles. The van der Waals surface area contributed by atoms with Crippen LogP contribution in [-0.2, 0) is 24.0 Å². The zero-order valence-electron chi connectivity index (χ0n) is 10.6. The second-order valence-electron chi connectivity index (χ2n) is 3.81. The fraction of sp³-hybridized carbons (Fsp3) is 0.455. The first-order valence-corrected chi connectivity index (χ1v) is 7.96. The van der Waals surface area contributed by atoms with Crippen LogP contribution in [0.25, 0.3) is 0 Å². The molecule has 0 amide bonds. The molecule has 0 radical (unpaired) electrons. The maximum Gasteiger partial charge on any atom is 0.333 e. The predicted molar refractivity (Wildman–Crippen MR) is 78.5 cm³/mol. The second-order valence-corrected chi connectivity index (χ2v) is 6.15. The van der Waals surface area contributed by atoms with E-state index in [1.165, 1.54) is 7.11 Å². The molecule has 0 aromatic heterocycles. The molecule has 1 rings (SSSR count). The van der Waals surface area contributed by atoms with E-state index in [9.17, 15) is 8.42 Å². The second kappa shape index (κ2) is 7.50. The van der Waals surface area contributed by atoms with Crippen LogP contribution in [0.15, 0.2) is 24.3 Å². The van der Waals surface area contributed by atoms with Gasteiger partial charge in [-0.05, 0) is 41.1 Å². The van der Waals surface area contributed by atoms with Crippen molar-refractivity contribution < 1.29 is 22.1 Å². The Labute approximate surface area is 126 Å². The molecule has 0 heterocycles. The maximum absolute atomic E-state index is 11.0. The molecule has 0 unspecified atom stereocenters. The Morgan fingerprint density at radius 2 is 2.00 bits per heavy atom. The average Bonchev–Trinajstić information content (AvgIpc) is 2.29. The van der Waals surface area contributed by atoms with Crippen LogP contribution in [-0.4, -0.2) is 28.4 Å². The summed E-state index contributed by atoms with van der Waals surface area (Å²) < 4.78 is 38.1. The van der Waals surface area contributed by atoms with Gasteiger partial charge in [0.1, 0.15) is 19.0 Å². The summed E-state index contributed by atoms with van der Waals surface area (Å²) in [5.74, 6) is 0. The minimum atomic E-state index is -4.04. The lowest BCUT2D eigenvalue weighted by Gasteiger charge is -2.24. The number of hydrogen-bond donors (Lipinski definition) is 1. The quantitative estimate of drug-likeness (QED) is 0.554. The lowest BCUT2D eigenvalue weighted by molar-refractivity contribution is -0.104. The number of ether oxygens (including phenoxy) is 2. The fourth-order valence-electron chi connectivity index (χ4n) is 1.59. The van der Waals surface area contributed by atoms with E-state index in [4.69, 9.17) is 18.8 Å². The van der Waals surface area contributed by atoms with Crippen LogP contribution >= 0.6 is 22.6 Å². The van der Waals surface area contributed by atoms with E-state index in [0.29, 0.717) is 0 Å². The van der Waals surface area contributed by atoms with Gasteiger partial charge in [-0.15, -0.1) is 0 Å². The van der Waals surface area contributed by atoms with Gasteiger partial charge in [0.2, 0.25) is 0 Å². The highest BCUT2D eigenvalue weighted by Gasteiger charge is 2.26. The van der Waals surface area contributed by atoms with E-state index in [1.807, 2.05) is 24.3 Å². The fourth-order valence-corrected chi connectivity index (χ4v) is 2.81. The number of nitrogens with two attached hydrogens (primary N) is 1. The Kier molecular flexibility index (Phi) is 6.63. The van der Waals surface area contributed by atoms with E-state index in [-0.39, 0.29) is 6.79 Å². The molecule has 0 saturated carbocycles. The lowest BCUT2D eigenvalue weighted by Crippen LogP contribution is -2.29. The summed E-state index contributed by atoms with van der Waals surface area (Å²) in [6.45, 7) is 1.60. The smallest absolute Gasteiger partial charge is 0.333 e. The third-order valence-corrected chi connectivity index (χ3v) is 3.84. The van der Waals surface area contributed by atoms with E-state index in [2.05, 4.69) is 22.6 Å². The normalized spacial score (nSPS) is 15.2. The van der Waals surface area contributed by atoms with Crippen LogP contribution in [0.5, 0.6) is 0 Å². The van der Waals surface area contributed by atoms with Gasteiger partial charge in [0, 0.05) is 10.7 Å². The molecule has 108 valence electrons. The van der Waals surface area contributed by atoms with Crippen LogP contribution < -0.4 is 5.14 Å². The SMILES string of the molecule is COCO[C@@H](c1ccccc1I)[C@H](C)OS(N)(=O)=O. The van der Waals surface area contributed by atoms with Crippen LogP contribution in [0.4, 0.5) is 0 Å². The molecular weight excluding hydrogens is 385 g/mol. The molecule has 19 heavy (non-hydrogen) atoms. The van der Waals surface area contributed by atoms with Gasteiger partial charge in [0.25, 0.3) is 0 Å². The summed E-state index contributed by atoms with van der Waals surface area (Å²) in [7, 11) is -2.55. The third-order valence-electron chi connectivity index (χ3n) is 2.29. The van der Waals surface area contributed by atoms with Crippen molar-refractivity contribution in [2.45, 2.75) is 19.1 Å². The van der Waals surface area contributed by atoms with E-state index >= 15 is 0 Å². The van der Waals surface area contributed by atoms with E-state index in [0.717, 1.165) is 9.13 Å². The van der Waals surface area contributed by atoms with Gasteiger partial charge in [-0.25, -0.2) is 5.14 Å². The topological polar surface area (TPSA) is 87.8 Å². The summed E-state index contributed by atoms with van der Waals surface area (Å²) in [6, 6.07) is 7.45. The highest BCUT2D eigenvalue weighted by atomic mass is 127. The highest BCUT2D eigenvalue weighted by molar-refractivity contribution is 14.1. The summed E-state index contributed by atoms with van der Waals surface area (Å²) >= 11 is 2.14. The van der Waals surface area contributed by atoms with Gasteiger partial charge in [-0.1, -0.05) is 18.2 Å². The zero-order chi connectivity index (χ0) is 14.5. The number of benzene rings is 1. The Bertz CT molecular complexity index is 508. The van der Waals surface area contributed by atoms with Crippen LogP contribution in [0.2, 0.25) is 0 Å². The first kappa shape index (κ1) is 16.8. The van der Waals surface area contributed by atoms with Gasteiger partial charge < -0.3 is 9.47 Å². The Morgan fingerprint density at radius 3 is 2.53 bits per heavy atom. The summed E-state index contributed by atoms with van der Waals surface area (Å²) in [5.41, 5.74) is 0.816. The number of hydrogen-bond acceptors (Lipinski definition) is 5. The molecule has 6 nitrogen and oxygen atoms in total. The van der Waals surface area contributed by atoms with Crippen LogP contribution in [0.1, 0.15) is 18.6 Å². The van der Waals surface area contributed by atoms with Gasteiger partial charge in [0.05, 0.1) is 0 Å². The molecule has 8 heteroatoms. The van der Waals surface area contributed by atoms with Crippen molar-refractivity contribution in [3.05, 3.63) is 33.4 Å². The monoisotopic (exact) mass is 401 g/mol. The first-order chi connectivity index (χ1) is 8.85. The van der Waals surface area contributed by atoms with Crippen molar-refractivity contribution in [3.8, 4) is 0 Å². The molecule has 0 aliphatic carbocycles. The number of rotatable bonds is 7. The number of halogens is 1. The van der Waals surface area contributed by atoms with Crippen molar-refractivity contribution in [2.24, 2.45) is 5.14 Å². The molecule has 1 aromatic rings. The molecule has 0 bridgehead atoms. The first-order valence-electron chi connectivity index (χ1n) is 5.41. The summed E-state index contributed by atoms with van der Waals surface area (Å²) in [4.78, 5) is 0. The van der Waals surface area contributed by atoms with Crippen molar-refractivity contribution in [2.75, 3.05) is 13.9 Å². The molecular formula is C11H16INO5S. The molecule has 0 aliphatic rings. The zero-order valence-corrected chi connectivity index (χ0v) is 13.6. The van der Waals surface area contributed by atoms with Gasteiger partial charge in [-0.3, -0.25) is 4.18 Å². The molecule has 0 saturated heterocycles. The third kappa shape index (κ3) is 5.71. The van der Waals surface area contributed by atoms with Crippen LogP contribution in [0, 0.1) is 3.57 Å². The lowest BCUT2D eigenvalue weighted by atomic mass is 10.1. The van der Waals surface area contributed by atoms with Crippen molar-refractivity contribution >= 4 is 32.9 Å². The number of methoxy groups -OCH3 is 1. The van der Waals surface area contributed by atoms with Gasteiger partial charge >= 0.3 is 10.3 Å². The van der Waals surface area contributed by atoms with Gasteiger partial charge in [-0.2, -0.15) is 8.42 Å². The molecule has 2 atom stereocenters. The summed E-state index contributed by atoms with van der Waals surface area (Å²) in [5, 5.41) is 4.88. The molecule has 2 N–H and O–H groups in total. The van der Waals surface area contributed by atoms with Gasteiger partial charge in [0.15, 0.2) is 0 Å². The van der Waals surface area contributed by atoms with E-state index < -0.39 is 22.5 Å². The molecule has 0 spiro atoms. The largest absolute Gasteiger partial charge is 0.359 e. The maximum atomic E-state index is 11.0. The molecule has 1 aromatic carbocycles. The van der Waals surface area contributed by atoms with Crippen molar-refractivity contribution in [1.29, 1.82) is 0 Å². The summed E-state index contributed by atoms with van der Waals surface area (Å²) in [6.07, 6.45) is -1.35. The standard InChI is InChI=1S/C11H16INO5S/c1-8(18-19(13,14)15)11(17-7-16-2)9-5-3-4-6-10(9)12/h3-6,8,11H,7H2,1-2H3,(H2,13,14,15)/t8-,11+/m0/s1. The minimum Gasteiger partial charge on any atom is -0.359 e. The average molecular weight is 401 g/mol. The van der Waals surface area contributed by atoms with E-state index in [1.54, 1.807) is 6.92 Å². The van der Waals surface area contributed by atoms with Crippen molar-refractivity contribution in [1.82, 2.24) is 0 Å². The highest BCUT2D eigenvalue weighted by Crippen LogP contribution is 2.28. The minimum absolute atomic E-state index is 0.0218. The van der Waals surface area contributed by atoms with Crippen LogP contribution in [0.3, 0.4) is 0 Å². The Morgan fingerprint density at radius 1 is 1.37 bits per heavy atom. The molecule has 0 fully saturated rings. The predicted octanol–water partition coefficient (Wildman–Crippen LogP) is 1.56.